The second-order valence-corrected chi connectivity index (χ2v) is 7.50. The third-order valence-corrected chi connectivity index (χ3v) is 3.50. The largest absolute Gasteiger partial charge is 0.444 e. The Morgan fingerprint density at radius 2 is 1.72 bits per heavy atom. The van der Waals surface area contributed by atoms with Gasteiger partial charge in [-0.15, -0.1) is 0 Å². The number of hydrogen-bond donors (Lipinski definition) is 0. The van der Waals surface area contributed by atoms with E-state index in [2.05, 4.69) is 6.08 Å². The predicted octanol–water partition coefficient (Wildman–Crippen LogP) is 5.13. The van der Waals surface area contributed by atoms with Crippen molar-refractivity contribution in [1.82, 2.24) is 4.90 Å². The molecule has 1 aromatic rings. The van der Waals surface area contributed by atoms with Gasteiger partial charge in [0.05, 0.1) is 0 Å². The molecule has 0 N–H and O–H groups in total. The van der Waals surface area contributed by atoms with Crippen LogP contribution in [0.5, 0.6) is 0 Å². The lowest BCUT2D eigenvalue weighted by molar-refractivity contribution is -0.119. The van der Waals surface area contributed by atoms with Gasteiger partial charge >= 0.3 is 6.09 Å². The van der Waals surface area contributed by atoms with E-state index in [0.717, 1.165) is 12.0 Å². The first kappa shape index (κ1) is 20.9. The third kappa shape index (κ3) is 9.70. The number of carbonyl (C=O) groups is 2. The first-order valence-electron chi connectivity index (χ1n) is 8.84. The van der Waals surface area contributed by atoms with E-state index in [1.54, 1.807) is 4.90 Å². The molecule has 0 atom stereocenters. The van der Waals surface area contributed by atoms with Gasteiger partial charge in [0.1, 0.15) is 11.4 Å². The summed E-state index contributed by atoms with van der Waals surface area (Å²) < 4.78 is 5.48. The van der Waals surface area contributed by atoms with Crippen LogP contribution in [0.4, 0.5) is 4.79 Å². The molecule has 4 nitrogen and oxygen atoms in total. The van der Waals surface area contributed by atoms with Gasteiger partial charge in [0, 0.05) is 25.9 Å². The highest BCUT2D eigenvalue weighted by Crippen LogP contribution is 2.14. The number of rotatable bonds is 8. The molecule has 0 fully saturated rings. The highest BCUT2D eigenvalue weighted by molar-refractivity contribution is 5.79. The van der Waals surface area contributed by atoms with Crippen LogP contribution >= 0.6 is 0 Å². The van der Waals surface area contributed by atoms with E-state index in [1.165, 1.54) is 5.57 Å². The maximum absolute atomic E-state index is 12.5. The molecular weight excluding hydrogens is 314 g/mol. The molecule has 0 spiro atoms. The third-order valence-electron chi connectivity index (χ3n) is 3.50. The number of nitrogens with zero attached hydrogens (tertiary/aromatic N) is 1. The molecule has 0 saturated carbocycles. The maximum atomic E-state index is 12.5. The van der Waals surface area contributed by atoms with Crippen LogP contribution in [0.2, 0.25) is 0 Å². The molecule has 25 heavy (non-hydrogen) atoms. The minimum atomic E-state index is -0.556. The lowest BCUT2D eigenvalue weighted by atomic mass is 10.1. The lowest BCUT2D eigenvalue weighted by Crippen LogP contribution is -2.37. The summed E-state index contributed by atoms with van der Waals surface area (Å²) in [5.74, 6) is 0.166. The van der Waals surface area contributed by atoms with Crippen LogP contribution < -0.4 is 0 Å². The fourth-order valence-corrected chi connectivity index (χ4v) is 2.27. The Bertz CT molecular complexity index is 581. The standard InChI is InChI=1S/C21H31NO3/c1-17(2)10-9-13-19(23)14-15-22(20(24)25-21(3,4)5)16-18-11-7-6-8-12-18/h6-8,10-12H,9,13-16H2,1-5H3. The van der Waals surface area contributed by atoms with Gasteiger partial charge in [-0.2, -0.15) is 0 Å². The molecular formula is C21H31NO3. The molecule has 0 aliphatic carbocycles. The molecule has 0 aliphatic heterocycles. The summed E-state index contributed by atoms with van der Waals surface area (Å²) in [4.78, 5) is 26.2. The van der Waals surface area contributed by atoms with Gasteiger partial charge in [-0.3, -0.25) is 4.79 Å². The van der Waals surface area contributed by atoms with Gasteiger partial charge in [-0.25, -0.2) is 4.79 Å². The number of Topliss-reactive ketones (excluding diaryl/α,β-unsaturated/α-hetero) is 1. The van der Waals surface area contributed by atoms with Crippen LogP contribution in [0, 0.1) is 0 Å². The van der Waals surface area contributed by atoms with E-state index in [4.69, 9.17) is 4.74 Å². The Morgan fingerprint density at radius 3 is 2.28 bits per heavy atom. The predicted molar refractivity (Wildman–Crippen MR) is 101 cm³/mol. The molecule has 0 radical (unpaired) electrons. The summed E-state index contributed by atoms with van der Waals surface area (Å²) in [6.07, 6.45) is 3.30. The molecule has 0 saturated heterocycles. The monoisotopic (exact) mass is 345 g/mol. The van der Waals surface area contributed by atoms with Gasteiger partial charge in [0.25, 0.3) is 0 Å². The van der Waals surface area contributed by atoms with Crippen LogP contribution in [-0.2, 0) is 16.1 Å². The molecule has 0 unspecified atom stereocenters. The fraction of sp³-hybridized carbons (Fsp3) is 0.524. The number of benzene rings is 1. The Balaban J connectivity index is 2.66. The fourth-order valence-electron chi connectivity index (χ4n) is 2.27. The zero-order valence-corrected chi connectivity index (χ0v) is 16.2. The average Bonchev–Trinajstić information content (AvgIpc) is 2.50. The van der Waals surface area contributed by atoms with Crippen molar-refractivity contribution in [2.45, 2.75) is 66.0 Å². The van der Waals surface area contributed by atoms with E-state index in [9.17, 15) is 9.59 Å². The summed E-state index contributed by atoms with van der Waals surface area (Å²) in [7, 11) is 0. The van der Waals surface area contributed by atoms with Crippen molar-refractivity contribution in [1.29, 1.82) is 0 Å². The van der Waals surface area contributed by atoms with E-state index in [-0.39, 0.29) is 11.9 Å². The van der Waals surface area contributed by atoms with Crippen LogP contribution in [0.15, 0.2) is 42.0 Å². The summed E-state index contributed by atoms with van der Waals surface area (Å²) in [5.41, 5.74) is 1.68. The van der Waals surface area contributed by atoms with Crippen LogP contribution in [0.1, 0.15) is 59.4 Å². The second-order valence-electron chi connectivity index (χ2n) is 7.50. The second kappa shape index (κ2) is 10.0. The van der Waals surface area contributed by atoms with Crippen molar-refractivity contribution in [3.05, 3.63) is 47.5 Å². The Labute approximate surface area is 151 Å². The van der Waals surface area contributed by atoms with Gasteiger partial charge in [-0.05, 0) is 46.6 Å². The van der Waals surface area contributed by atoms with Crippen molar-refractivity contribution < 1.29 is 14.3 Å². The van der Waals surface area contributed by atoms with Crippen molar-refractivity contribution >= 4 is 11.9 Å². The SMILES string of the molecule is CC(C)=CCCC(=O)CCN(Cc1ccccc1)C(=O)OC(C)(C)C. The molecule has 1 amide bonds. The first-order valence-corrected chi connectivity index (χ1v) is 8.84. The van der Waals surface area contributed by atoms with Crippen LogP contribution in [-0.4, -0.2) is 28.9 Å². The average molecular weight is 345 g/mol. The van der Waals surface area contributed by atoms with Crippen molar-refractivity contribution in [3.8, 4) is 0 Å². The quantitative estimate of drug-likeness (QED) is 0.614. The summed E-state index contributed by atoms with van der Waals surface area (Å²) in [6.45, 7) is 10.4. The highest BCUT2D eigenvalue weighted by Gasteiger charge is 2.22. The Morgan fingerprint density at radius 1 is 1.08 bits per heavy atom. The maximum Gasteiger partial charge on any atom is 0.410 e. The minimum Gasteiger partial charge on any atom is -0.444 e. The number of allylic oxidation sites excluding steroid dienone is 2. The van der Waals surface area contributed by atoms with Gasteiger partial charge in [-0.1, -0.05) is 42.0 Å². The van der Waals surface area contributed by atoms with E-state index in [0.29, 0.717) is 25.9 Å². The first-order chi connectivity index (χ1) is 11.7. The molecule has 138 valence electrons. The Kier molecular flexibility index (Phi) is 8.39. The van der Waals surface area contributed by atoms with Gasteiger partial charge in [0.2, 0.25) is 0 Å². The minimum absolute atomic E-state index is 0.166. The molecule has 0 heterocycles. The zero-order valence-electron chi connectivity index (χ0n) is 16.2. The smallest absolute Gasteiger partial charge is 0.410 e. The van der Waals surface area contributed by atoms with Crippen molar-refractivity contribution in [2.75, 3.05) is 6.54 Å². The van der Waals surface area contributed by atoms with Crippen molar-refractivity contribution in [2.24, 2.45) is 0 Å². The molecule has 1 rings (SSSR count). The van der Waals surface area contributed by atoms with E-state index >= 15 is 0 Å². The summed E-state index contributed by atoms with van der Waals surface area (Å²) in [6, 6.07) is 9.75. The normalized spacial score (nSPS) is 10.9. The van der Waals surface area contributed by atoms with E-state index < -0.39 is 5.60 Å². The number of carbonyl (C=O) groups excluding carboxylic acids is 2. The molecule has 1 aromatic carbocycles. The topological polar surface area (TPSA) is 46.6 Å². The van der Waals surface area contributed by atoms with Crippen molar-refractivity contribution in [3.63, 3.8) is 0 Å². The van der Waals surface area contributed by atoms with Gasteiger partial charge < -0.3 is 9.64 Å². The number of hydrogen-bond acceptors (Lipinski definition) is 3. The summed E-state index contributed by atoms with van der Waals surface area (Å²) >= 11 is 0. The van der Waals surface area contributed by atoms with Crippen LogP contribution in [0.25, 0.3) is 0 Å². The lowest BCUT2D eigenvalue weighted by Gasteiger charge is -2.27. The Hall–Kier alpha value is -2.10. The molecule has 0 aliphatic rings. The van der Waals surface area contributed by atoms with Gasteiger partial charge in [0.15, 0.2) is 0 Å². The van der Waals surface area contributed by atoms with Crippen LogP contribution in [0.3, 0.4) is 0 Å². The van der Waals surface area contributed by atoms with E-state index in [1.807, 2.05) is 65.0 Å². The number of ketones is 1. The molecule has 0 bridgehead atoms. The molecule has 0 aromatic heterocycles. The summed E-state index contributed by atoms with van der Waals surface area (Å²) in [5, 5.41) is 0. The zero-order chi connectivity index (χ0) is 18.9. The highest BCUT2D eigenvalue weighted by atomic mass is 16.6. The number of ether oxygens (including phenoxy) is 1. The number of amides is 1. The molecule has 4 heteroatoms.